The second-order valence-electron chi connectivity index (χ2n) is 4.87. The van der Waals surface area contributed by atoms with Gasteiger partial charge < -0.3 is 9.84 Å². The van der Waals surface area contributed by atoms with Crippen molar-refractivity contribution in [2.75, 3.05) is 6.61 Å². The summed E-state index contributed by atoms with van der Waals surface area (Å²) in [7, 11) is 0. The van der Waals surface area contributed by atoms with Crippen LogP contribution in [-0.4, -0.2) is 17.8 Å². The van der Waals surface area contributed by atoms with E-state index in [1.165, 1.54) is 0 Å². The van der Waals surface area contributed by atoms with Gasteiger partial charge in [0.15, 0.2) is 0 Å². The molecule has 1 aliphatic carbocycles. The minimum atomic E-state index is 0.280. The van der Waals surface area contributed by atoms with Crippen molar-refractivity contribution < 1.29 is 9.84 Å². The summed E-state index contributed by atoms with van der Waals surface area (Å²) < 4.78 is 5.87. The Morgan fingerprint density at radius 3 is 2.56 bits per heavy atom. The summed E-state index contributed by atoms with van der Waals surface area (Å²) in [5, 5.41) is 10.5. The van der Waals surface area contributed by atoms with Gasteiger partial charge >= 0.3 is 0 Å². The van der Waals surface area contributed by atoms with Crippen LogP contribution in [0.1, 0.15) is 31.2 Å². The molecule has 0 bridgehead atoms. The van der Waals surface area contributed by atoms with Gasteiger partial charge in [0.05, 0.1) is 12.7 Å². The van der Waals surface area contributed by atoms with Crippen LogP contribution in [0, 0.1) is 5.92 Å². The lowest BCUT2D eigenvalue weighted by Gasteiger charge is -2.27. The van der Waals surface area contributed by atoms with E-state index in [9.17, 15) is 0 Å². The molecule has 1 aromatic carbocycles. The maximum absolute atomic E-state index is 9.08. The van der Waals surface area contributed by atoms with E-state index in [-0.39, 0.29) is 6.10 Å². The van der Waals surface area contributed by atoms with Crippen LogP contribution in [-0.2, 0) is 11.3 Å². The average molecular weight is 289 g/mol. The minimum absolute atomic E-state index is 0.280. The molecule has 0 saturated heterocycles. The first-order chi connectivity index (χ1) is 8.69. The molecule has 2 nitrogen and oxygen atoms in total. The van der Waals surface area contributed by atoms with Crippen molar-refractivity contribution in [1.29, 1.82) is 0 Å². The highest BCUT2D eigenvalue weighted by molar-refractivity contribution is 6.33. The molecule has 1 saturated carbocycles. The Bertz CT molecular complexity index is 387. The van der Waals surface area contributed by atoms with Crippen LogP contribution in [0.2, 0.25) is 10.0 Å². The van der Waals surface area contributed by atoms with Gasteiger partial charge in [-0.15, -0.1) is 0 Å². The molecule has 1 aliphatic rings. The number of benzene rings is 1. The van der Waals surface area contributed by atoms with E-state index in [1.807, 2.05) is 6.07 Å². The second-order valence-corrected chi connectivity index (χ2v) is 5.72. The molecule has 0 aromatic heterocycles. The van der Waals surface area contributed by atoms with Gasteiger partial charge in [-0.05, 0) is 55.4 Å². The zero-order chi connectivity index (χ0) is 13.0. The third-order valence-corrected chi connectivity index (χ3v) is 4.14. The first-order valence-corrected chi connectivity index (χ1v) is 7.11. The van der Waals surface area contributed by atoms with Crippen LogP contribution in [0.5, 0.6) is 0 Å². The molecule has 0 radical (unpaired) electrons. The van der Waals surface area contributed by atoms with E-state index in [2.05, 4.69) is 0 Å². The SMILES string of the molecule is OCC1CCC(OCc2cc(Cl)ccc2Cl)CC1. The number of rotatable bonds is 4. The van der Waals surface area contributed by atoms with E-state index in [4.69, 9.17) is 33.0 Å². The van der Waals surface area contributed by atoms with Crippen LogP contribution in [0.25, 0.3) is 0 Å². The number of aliphatic hydroxyl groups is 1. The van der Waals surface area contributed by atoms with E-state index in [0.717, 1.165) is 31.2 Å². The maximum atomic E-state index is 9.08. The topological polar surface area (TPSA) is 29.5 Å². The molecule has 0 heterocycles. The Morgan fingerprint density at radius 1 is 1.17 bits per heavy atom. The predicted octanol–water partition coefficient (Wildman–Crippen LogP) is 4.06. The lowest BCUT2D eigenvalue weighted by atomic mass is 9.88. The number of aliphatic hydroxyl groups excluding tert-OH is 1. The van der Waals surface area contributed by atoms with Gasteiger partial charge in [0.1, 0.15) is 0 Å². The van der Waals surface area contributed by atoms with Gasteiger partial charge in [0.2, 0.25) is 0 Å². The standard InChI is InChI=1S/C14H18Cl2O2/c15-12-3-6-14(16)11(7-12)9-18-13-4-1-10(8-17)2-5-13/h3,6-7,10,13,17H,1-2,4-5,8-9H2. The van der Waals surface area contributed by atoms with Gasteiger partial charge in [0.25, 0.3) is 0 Å². The summed E-state index contributed by atoms with van der Waals surface area (Å²) in [5.74, 6) is 0.458. The Labute approximate surface area is 118 Å². The van der Waals surface area contributed by atoms with E-state index < -0.39 is 0 Å². The van der Waals surface area contributed by atoms with E-state index >= 15 is 0 Å². The molecular formula is C14H18Cl2O2. The Morgan fingerprint density at radius 2 is 1.89 bits per heavy atom. The number of ether oxygens (including phenoxy) is 1. The van der Waals surface area contributed by atoms with Crippen molar-refractivity contribution in [2.45, 2.75) is 38.4 Å². The van der Waals surface area contributed by atoms with Crippen LogP contribution < -0.4 is 0 Å². The van der Waals surface area contributed by atoms with Crippen LogP contribution >= 0.6 is 23.2 Å². The van der Waals surface area contributed by atoms with Crippen molar-refractivity contribution in [3.8, 4) is 0 Å². The number of hydrogen-bond acceptors (Lipinski definition) is 2. The summed E-state index contributed by atoms with van der Waals surface area (Å²) in [5.41, 5.74) is 0.938. The molecule has 4 heteroatoms. The second kappa shape index (κ2) is 6.76. The summed E-state index contributed by atoms with van der Waals surface area (Å²) in [6, 6.07) is 5.42. The van der Waals surface area contributed by atoms with Crippen LogP contribution in [0.15, 0.2) is 18.2 Å². The molecule has 2 rings (SSSR count). The van der Waals surface area contributed by atoms with Crippen molar-refractivity contribution in [3.05, 3.63) is 33.8 Å². The summed E-state index contributed by atoms with van der Waals surface area (Å²) in [6.45, 7) is 0.806. The molecule has 18 heavy (non-hydrogen) atoms. The van der Waals surface area contributed by atoms with Gasteiger partial charge in [-0.2, -0.15) is 0 Å². The largest absolute Gasteiger partial charge is 0.396 e. The normalized spacial score (nSPS) is 24.2. The van der Waals surface area contributed by atoms with E-state index in [1.54, 1.807) is 12.1 Å². The molecule has 0 unspecified atom stereocenters. The summed E-state index contributed by atoms with van der Waals surface area (Å²) >= 11 is 12.0. The molecule has 0 atom stereocenters. The van der Waals surface area contributed by atoms with Crippen molar-refractivity contribution in [3.63, 3.8) is 0 Å². The highest BCUT2D eigenvalue weighted by atomic mass is 35.5. The van der Waals surface area contributed by atoms with Crippen molar-refractivity contribution in [1.82, 2.24) is 0 Å². The monoisotopic (exact) mass is 288 g/mol. The van der Waals surface area contributed by atoms with Crippen LogP contribution in [0.3, 0.4) is 0 Å². The zero-order valence-electron chi connectivity index (χ0n) is 10.2. The third-order valence-electron chi connectivity index (χ3n) is 3.53. The van der Waals surface area contributed by atoms with Crippen LogP contribution in [0.4, 0.5) is 0 Å². The molecule has 1 fully saturated rings. The molecule has 0 aliphatic heterocycles. The number of hydrogen-bond donors (Lipinski definition) is 1. The van der Waals surface area contributed by atoms with Gasteiger partial charge in [-0.3, -0.25) is 0 Å². The van der Waals surface area contributed by atoms with Gasteiger partial charge in [0, 0.05) is 16.7 Å². The highest BCUT2D eigenvalue weighted by Gasteiger charge is 2.21. The smallest absolute Gasteiger partial charge is 0.0735 e. The Kier molecular flexibility index (Phi) is 5.31. The Balaban J connectivity index is 1.83. The lowest BCUT2D eigenvalue weighted by Crippen LogP contribution is -2.23. The first-order valence-electron chi connectivity index (χ1n) is 6.35. The molecule has 1 aromatic rings. The highest BCUT2D eigenvalue weighted by Crippen LogP contribution is 2.28. The summed E-state index contributed by atoms with van der Waals surface area (Å²) in [6.07, 6.45) is 4.41. The molecule has 1 N–H and O–H groups in total. The molecular weight excluding hydrogens is 271 g/mol. The third kappa shape index (κ3) is 3.86. The van der Waals surface area contributed by atoms with Gasteiger partial charge in [-0.25, -0.2) is 0 Å². The Hall–Kier alpha value is -0.280. The quantitative estimate of drug-likeness (QED) is 0.905. The first kappa shape index (κ1) is 14.1. The van der Waals surface area contributed by atoms with E-state index in [0.29, 0.717) is 29.2 Å². The average Bonchev–Trinajstić information content (AvgIpc) is 2.40. The minimum Gasteiger partial charge on any atom is -0.396 e. The fourth-order valence-electron chi connectivity index (χ4n) is 2.34. The van der Waals surface area contributed by atoms with Crippen molar-refractivity contribution >= 4 is 23.2 Å². The maximum Gasteiger partial charge on any atom is 0.0735 e. The number of halogens is 2. The fourth-order valence-corrected chi connectivity index (χ4v) is 2.71. The van der Waals surface area contributed by atoms with Crippen molar-refractivity contribution in [2.24, 2.45) is 5.92 Å². The zero-order valence-corrected chi connectivity index (χ0v) is 11.8. The summed E-state index contributed by atoms with van der Waals surface area (Å²) in [4.78, 5) is 0. The molecule has 100 valence electrons. The fraction of sp³-hybridized carbons (Fsp3) is 0.571. The molecule has 0 spiro atoms. The lowest BCUT2D eigenvalue weighted by molar-refractivity contribution is 0.00124. The molecule has 0 amide bonds. The van der Waals surface area contributed by atoms with Gasteiger partial charge in [-0.1, -0.05) is 23.2 Å². The predicted molar refractivity (Wildman–Crippen MR) is 74.1 cm³/mol.